The van der Waals surface area contributed by atoms with Crippen LogP contribution in [-0.2, 0) is 39.0 Å². The summed E-state index contributed by atoms with van der Waals surface area (Å²) in [5, 5.41) is 2.90. The maximum atomic E-state index is 13.7. The molecule has 3 aromatic rings. The first-order chi connectivity index (χ1) is 18.4. The number of sulfonamides is 1. The number of carbonyl (C=O) groups excluding carboxylic acids is 2. The van der Waals surface area contributed by atoms with E-state index in [9.17, 15) is 18.0 Å². The average molecular weight is 534 g/mol. The molecule has 7 nitrogen and oxygen atoms in total. The van der Waals surface area contributed by atoms with Crippen LogP contribution in [0.3, 0.4) is 0 Å². The number of carbonyl (C=O) groups is 2. The molecule has 0 bridgehead atoms. The van der Waals surface area contributed by atoms with Crippen LogP contribution in [0.25, 0.3) is 0 Å². The van der Waals surface area contributed by atoms with Gasteiger partial charge in [0.2, 0.25) is 21.8 Å². The van der Waals surface area contributed by atoms with Crippen LogP contribution in [0.1, 0.15) is 42.9 Å². The summed E-state index contributed by atoms with van der Waals surface area (Å²) in [6, 6.07) is 25.4. The zero-order valence-electron chi connectivity index (χ0n) is 21.7. The van der Waals surface area contributed by atoms with Gasteiger partial charge in [0, 0.05) is 32.0 Å². The summed E-state index contributed by atoms with van der Waals surface area (Å²) in [5.41, 5.74) is 2.79. The van der Waals surface area contributed by atoms with Crippen LogP contribution >= 0.6 is 0 Å². The molecule has 3 aromatic carbocycles. The Morgan fingerprint density at radius 3 is 2.05 bits per heavy atom. The number of hydrogen-bond donors (Lipinski definition) is 2. The number of benzene rings is 3. The summed E-state index contributed by atoms with van der Waals surface area (Å²) >= 11 is 0. The molecular formula is C30H35N3O4S. The van der Waals surface area contributed by atoms with Crippen molar-refractivity contribution in [2.45, 2.75) is 62.6 Å². The molecule has 200 valence electrons. The zero-order valence-corrected chi connectivity index (χ0v) is 22.5. The van der Waals surface area contributed by atoms with Crippen molar-refractivity contribution in [1.29, 1.82) is 0 Å². The smallest absolute Gasteiger partial charge is 0.243 e. The molecule has 38 heavy (non-hydrogen) atoms. The zero-order chi connectivity index (χ0) is 27.0. The highest BCUT2D eigenvalue weighted by atomic mass is 32.2. The van der Waals surface area contributed by atoms with Gasteiger partial charge in [0.05, 0.1) is 4.90 Å². The molecule has 1 aliphatic carbocycles. The standard InChI is InChI=1S/C30H35N3O4S/c1-2-31-30(35)28(21-24-9-5-3-6-10-24)33(22-25-11-7-4-8-12-25)29(34)20-15-23-13-18-27(19-14-23)38(36,37)32-26-16-17-26/h3-14,18-19,26,28,32H,2,15-17,20-22H2,1H3,(H,31,35)/t28-/m1/s1. The molecule has 0 saturated heterocycles. The second-order valence-electron chi connectivity index (χ2n) is 9.65. The van der Waals surface area contributed by atoms with E-state index in [1.165, 1.54) is 0 Å². The Hall–Kier alpha value is -3.49. The van der Waals surface area contributed by atoms with Gasteiger partial charge in [-0.2, -0.15) is 0 Å². The van der Waals surface area contributed by atoms with Gasteiger partial charge in [0.1, 0.15) is 6.04 Å². The van der Waals surface area contributed by atoms with Crippen LogP contribution < -0.4 is 10.0 Å². The Balaban J connectivity index is 1.51. The van der Waals surface area contributed by atoms with Crippen molar-refractivity contribution < 1.29 is 18.0 Å². The fourth-order valence-electron chi connectivity index (χ4n) is 4.34. The van der Waals surface area contributed by atoms with Crippen molar-refractivity contribution in [3.05, 3.63) is 102 Å². The van der Waals surface area contributed by atoms with E-state index in [0.29, 0.717) is 25.9 Å². The van der Waals surface area contributed by atoms with E-state index in [0.717, 1.165) is 29.5 Å². The highest BCUT2D eigenvalue weighted by Gasteiger charge is 2.30. The lowest BCUT2D eigenvalue weighted by molar-refractivity contribution is -0.141. The number of amides is 2. The molecule has 0 unspecified atom stereocenters. The van der Waals surface area contributed by atoms with E-state index >= 15 is 0 Å². The number of hydrogen-bond acceptors (Lipinski definition) is 4. The third kappa shape index (κ3) is 7.76. The van der Waals surface area contributed by atoms with Crippen molar-refractivity contribution in [3.8, 4) is 0 Å². The number of nitrogens with zero attached hydrogens (tertiary/aromatic N) is 1. The summed E-state index contributed by atoms with van der Waals surface area (Å²) in [5.74, 6) is -0.313. The summed E-state index contributed by atoms with van der Waals surface area (Å²) < 4.78 is 27.6. The predicted molar refractivity (Wildman–Crippen MR) is 148 cm³/mol. The van der Waals surface area contributed by atoms with E-state index in [1.54, 1.807) is 29.2 Å². The molecule has 2 N–H and O–H groups in total. The van der Waals surface area contributed by atoms with E-state index in [2.05, 4.69) is 10.0 Å². The number of nitrogens with one attached hydrogen (secondary N) is 2. The van der Waals surface area contributed by atoms with Crippen LogP contribution in [0.4, 0.5) is 0 Å². The summed E-state index contributed by atoms with van der Waals surface area (Å²) in [6.07, 6.45) is 2.80. The van der Waals surface area contributed by atoms with Gasteiger partial charge >= 0.3 is 0 Å². The fourth-order valence-corrected chi connectivity index (χ4v) is 5.65. The molecule has 1 fully saturated rings. The highest BCUT2D eigenvalue weighted by Crippen LogP contribution is 2.23. The Morgan fingerprint density at radius 2 is 1.47 bits per heavy atom. The predicted octanol–water partition coefficient (Wildman–Crippen LogP) is 3.84. The number of rotatable bonds is 13. The van der Waals surface area contributed by atoms with Gasteiger partial charge in [-0.1, -0.05) is 72.8 Å². The Bertz CT molecular complexity index is 1310. The van der Waals surface area contributed by atoms with Gasteiger partial charge in [-0.25, -0.2) is 13.1 Å². The van der Waals surface area contributed by atoms with Crippen molar-refractivity contribution in [3.63, 3.8) is 0 Å². The van der Waals surface area contributed by atoms with Crippen molar-refractivity contribution in [1.82, 2.24) is 14.9 Å². The topological polar surface area (TPSA) is 95.6 Å². The molecule has 0 aromatic heterocycles. The molecule has 0 heterocycles. The normalized spacial score (nSPS) is 14.0. The average Bonchev–Trinajstić information content (AvgIpc) is 3.74. The molecule has 1 aliphatic rings. The maximum absolute atomic E-state index is 13.7. The second kappa shape index (κ2) is 12.8. The van der Waals surface area contributed by atoms with Gasteiger partial charge in [-0.15, -0.1) is 0 Å². The third-order valence-electron chi connectivity index (χ3n) is 6.58. The van der Waals surface area contributed by atoms with Gasteiger partial charge < -0.3 is 10.2 Å². The first kappa shape index (κ1) is 27.5. The van der Waals surface area contributed by atoms with Crippen molar-refractivity contribution in [2.24, 2.45) is 0 Å². The second-order valence-corrected chi connectivity index (χ2v) is 11.4. The summed E-state index contributed by atoms with van der Waals surface area (Å²) in [7, 11) is -3.52. The van der Waals surface area contributed by atoms with E-state index in [4.69, 9.17) is 0 Å². The lowest BCUT2D eigenvalue weighted by Crippen LogP contribution is -2.50. The third-order valence-corrected chi connectivity index (χ3v) is 8.11. The SMILES string of the molecule is CCNC(=O)[C@@H](Cc1ccccc1)N(Cc1ccccc1)C(=O)CCc1ccc(S(=O)(=O)NC2CC2)cc1. The fraction of sp³-hybridized carbons (Fsp3) is 0.333. The van der Waals surface area contributed by atoms with Gasteiger partial charge in [-0.05, 0) is 55.0 Å². The van der Waals surface area contributed by atoms with Crippen LogP contribution in [0.2, 0.25) is 0 Å². The van der Waals surface area contributed by atoms with E-state index in [1.807, 2.05) is 67.6 Å². The molecular weight excluding hydrogens is 498 g/mol. The largest absolute Gasteiger partial charge is 0.355 e. The van der Waals surface area contributed by atoms with Gasteiger partial charge in [0.15, 0.2) is 0 Å². The molecule has 4 rings (SSSR count). The summed E-state index contributed by atoms with van der Waals surface area (Å²) in [6.45, 7) is 2.66. The first-order valence-corrected chi connectivity index (χ1v) is 14.6. The summed E-state index contributed by atoms with van der Waals surface area (Å²) in [4.78, 5) is 28.8. The molecule has 0 spiro atoms. The van der Waals surface area contributed by atoms with Crippen LogP contribution in [-0.4, -0.2) is 43.8 Å². The van der Waals surface area contributed by atoms with Gasteiger partial charge in [-0.3, -0.25) is 9.59 Å². The Kier molecular flexibility index (Phi) is 9.31. The maximum Gasteiger partial charge on any atom is 0.243 e. The quantitative estimate of drug-likeness (QED) is 0.349. The molecule has 0 aliphatic heterocycles. The minimum atomic E-state index is -3.52. The van der Waals surface area contributed by atoms with Gasteiger partial charge in [0.25, 0.3) is 0 Å². The minimum Gasteiger partial charge on any atom is -0.355 e. The molecule has 1 saturated carbocycles. The van der Waals surface area contributed by atoms with Crippen LogP contribution in [0.5, 0.6) is 0 Å². The van der Waals surface area contributed by atoms with E-state index < -0.39 is 16.1 Å². The van der Waals surface area contributed by atoms with Crippen LogP contribution in [0, 0.1) is 0 Å². The lowest BCUT2D eigenvalue weighted by atomic mass is 10.0. The monoisotopic (exact) mass is 533 g/mol. The molecule has 8 heteroatoms. The molecule has 2 amide bonds. The number of likely N-dealkylation sites (N-methyl/N-ethyl adjacent to an activating group) is 1. The van der Waals surface area contributed by atoms with Crippen molar-refractivity contribution >= 4 is 21.8 Å². The lowest BCUT2D eigenvalue weighted by Gasteiger charge is -2.31. The minimum absolute atomic E-state index is 0.0432. The molecule has 0 radical (unpaired) electrons. The first-order valence-electron chi connectivity index (χ1n) is 13.1. The number of aryl methyl sites for hydroxylation is 1. The Morgan fingerprint density at radius 1 is 0.868 bits per heavy atom. The Labute approximate surface area is 225 Å². The van der Waals surface area contributed by atoms with E-state index in [-0.39, 0.29) is 29.2 Å². The highest BCUT2D eigenvalue weighted by molar-refractivity contribution is 7.89. The van der Waals surface area contributed by atoms with Crippen molar-refractivity contribution in [2.75, 3.05) is 6.54 Å². The van der Waals surface area contributed by atoms with Crippen LogP contribution in [0.15, 0.2) is 89.8 Å². The molecule has 1 atom stereocenters.